The van der Waals surface area contributed by atoms with Crippen LogP contribution in [0.2, 0.25) is 0 Å². The van der Waals surface area contributed by atoms with Gasteiger partial charge in [0.05, 0.1) is 4.47 Å². The molecule has 1 amide bonds. The summed E-state index contributed by atoms with van der Waals surface area (Å²) in [4.78, 5) is 14.6. The van der Waals surface area contributed by atoms with Gasteiger partial charge in [0.25, 0.3) is 5.91 Å². The van der Waals surface area contributed by atoms with Crippen molar-refractivity contribution in [3.05, 3.63) is 32.9 Å². The minimum absolute atomic E-state index is 0.0128. The smallest absolute Gasteiger partial charge is 0.289 e. The largest absolute Gasteiger partial charge is 0.450 e. The summed E-state index contributed by atoms with van der Waals surface area (Å²) in [5.41, 5.74) is 0.720. The number of fused-ring (bicyclic) bond motifs is 1. The molecule has 0 aliphatic heterocycles. The van der Waals surface area contributed by atoms with Gasteiger partial charge in [0, 0.05) is 22.9 Å². The summed E-state index contributed by atoms with van der Waals surface area (Å²) < 4.78 is 7.61. The Labute approximate surface area is 148 Å². The second kappa shape index (κ2) is 8.16. The Hall–Kier alpha value is -0.810. The zero-order valence-corrected chi connectivity index (χ0v) is 16.2. The van der Waals surface area contributed by atoms with E-state index in [1.165, 1.54) is 0 Å². The highest BCUT2D eigenvalue weighted by molar-refractivity contribution is 9.11. The fourth-order valence-corrected chi connectivity index (χ4v) is 3.69. The number of hydrogen-bond donors (Lipinski definition) is 0. The van der Waals surface area contributed by atoms with Crippen LogP contribution in [0.3, 0.4) is 0 Å². The maximum Gasteiger partial charge on any atom is 0.289 e. The molecule has 5 heteroatoms. The number of benzene rings is 1. The Morgan fingerprint density at radius 2 is 1.73 bits per heavy atom. The van der Waals surface area contributed by atoms with Crippen LogP contribution in [-0.4, -0.2) is 23.9 Å². The Morgan fingerprint density at radius 3 is 2.32 bits per heavy atom. The van der Waals surface area contributed by atoms with Crippen molar-refractivity contribution >= 4 is 48.7 Å². The van der Waals surface area contributed by atoms with Gasteiger partial charge in [-0.25, -0.2) is 0 Å². The van der Waals surface area contributed by atoms with E-state index in [4.69, 9.17) is 4.42 Å². The molecular formula is C17H21Br2NO2. The van der Waals surface area contributed by atoms with Crippen LogP contribution >= 0.6 is 31.9 Å². The minimum Gasteiger partial charge on any atom is -0.450 e. The SMILES string of the molecule is CCCCN(CCCC)C(=O)c1cc2cc(Br)cc(Br)c2o1. The lowest BCUT2D eigenvalue weighted by Gasteiger charge is -2.21. The molecule has 0 saturated carbocycles. The first-order valence-electron chi connectivity index (χ1n) is 7.74. The van der Waals surface area contributed by atoms with E-state index in [2.05, 4.69) is 45.7 Å². The Bertz CT molecular complexity index is 643. The van der Waals surface area contributed by atoms with Gasteiger partial charge in [-0.05, 0) is 47.0 Å². The van der Waals surface area contributed by atoms with Crippen LogP contribution in [0, 0.1) is 0 Å². The average Bonchev–Trinajstić information content (AvgIpc) is 2.91. The number of hydrogen-bond acceptors (Lipinski definition) is 2. The van der Waals surface area contributed by atoms with Gasteiger partial charge >= 0.3 is 0 Å². The van der Waals surface area contributed by atoms with Gasteiger partial charge in [-0.3, -0.25) is 4.79 Å². The summed E-state index contributed by atoms with van der Waals surface area (Å²) >= 11 is 6.94. The molecule has 1 aromatic carbocycles. The lowest BCUT2D eigenvalue weighted by molar-refractivity contribution is 0.0721. The lowest BCUT2D eigenvalue weighted by Crippen LogP contribution is -2.32. The summed E-state index contributed by atoms with van der Waals surface area (Å²) in [5, 5.41) is 0.926. The molecule has 1 aromatic heterocycles. The van der Waals surface area contributed by atoms with Gasteiger partial charge in [-0.1, -0.05) is 42.6 Å². The molecule has 0 aliphatic carbocycles. The van der Waals surface area contributed by atoms with Crippen LogP contribution in [0.25, 0.3) is 11.0 Å². The van der Waals surface area contributed by atoms with E-state index in [0.29, 0.717) is 5.76 Å². The van der Waals surface area contributed by atoms with Crippen molar-refractivity contribution in [2.24, 2.45) is 0 Å². The molecule has 22 heavy (non-hydrogen) atoms. The molecule has 0 saturated heterocycles. The van der Waals surface area contributed by atoms with Crippen molar-refractivity contribution in [3.63, 3.8) is 0 Å². The molecule has 2 aromatic rings. The Morgan fingerprint density at radius 1 is 1.09 bits per heavy atom. The molecule has 0 atom stereocenters. The van der Waals surface area contributed by atoms with Gasteiger partial charge < -0.3 is 9.32 Å². The van der Waals surface area contributed by atoms with E-state index in [1.54, 1.807) is 0 Å². The predicted octanol–water partition coefficient (Wildman–Crippen LogP) is 6.00. The first-order valence-corrected chi connectivity index (χ1v) is 9.33. The van der Waals surface area contributed by atoms with E-state index < -0.39 is 0 Å². The van der Waals surface area contributed by atoms with E-state index in [1.807, 2.05) is 23.1 Å². The number of halogens is 2. The fraction of sp³-hybridized carbons (Fsp3) is 0.471. The molecule has 3 nitrogen and oxygen atoms in total. The molecule has 0 bridgehead atoms. The number of carbonyl (C=O) groups excluding carboxylic acids is 1. The summed E-state index contributed by atoms with van der Waals surface area (Å²) in [6.07, 6.45) is 4.19. The third-order valence-electron chi connectivity index (χ3n) is 3.60. The van der Waals surface area contributed by atoms with Crippen molar-refractivity contribution in [3.8, 4) is 0 Å². The Balaban J connectivity index is 2.27. The average molecular weight is 431 g/mol. The first kappa shape index (κ1) is 17.5. The van der Waals surface area contributed by atoms with Crippen molar-refractivity contribution in [1.82, 2.24) is 4.90 Å². The molecule has 0 radical (unpaired) electrons. The van der Waals surface area contributed by atoms with Gasteiger partial charge in [0.15, 0.2) is 5.76 Å². The molecule has 120 valence electrons. The summed E-state index contributed by atoms with van der Waals surface area (Å²) in [7, 11) is 0. The molecule has 2 rings (SSSR count). The third-order valence-corrected chi connectivity index (χ3v) is 4.64. The topological polar surface area (TPSA) is 33.5 Å². The second-order valence-electron chi connectivity index (χ2n) is 5.42. The van der Waals surface area contributed by atoms with Crippen LogP contribution in [-0.2, 0) is 0 Å². The predicted molar refractivity (Wildman–Crippen MR) is 97.3 cm³/mol. The zero-order valence-electron chi connectivity index (χ0n) is 13.0. The number of nitrogens with zero attached hydrogens (tertiary/aromatic N) is 1. The number of carbonyl (C=O) groups is 1. The maximum absolute atomic E-state index is 12.7. The molecule has 0 spiro atoms. The van der Waals surface area contributed by atoms with Crippen LogP contribution in [0.15, 0.2) is 31.6 Å². The third kappa shape index (κ3) is 4.13. The minimum atomic E-state index is -0.0128. The number of furan rings is 1. The molecule has 0 aliphatic rings. The van der Waals surface area contributed by atoms with Crippen LogP contribution < -0.4 is 0 Å². The van der Waals surface area contributed by atoms with E-state index in [9.17, 15) is 4.79 Å². The molecule has 0 N–H and O–H groups in total. The fourth-order valence-electron chi connectivity index (χ4n) is 2.35. The normalized spacial score (nSPS) is 11.1. The first-order chi connectivity index (χ1) is 10.6. The van der Waals surface area contributed by atoms with Gasteiger partial charge in [0.2, 0.25) is 0 Å². The monoisotopic (exact) mass is 429 g/mol. The molecular weight excluding hydrogens is 410 g/mol. The quantitative estimate of drug-likeness (QED) is 0.539. The number of unbranched alkanes of at least 4 members (excludes halogenated alkanes) is 2. The maximum atomic E-state index is 12.7. The standard InChI is InChI=1S/C17H21Br2NO2/c1-3-5-7-20(8-6-4-2)17(21)15-10-12-9-13(18)11-14(19)16(12)22-15/h9-11H,3-8H2,1-2H3. The van der Waals surface area contributed by atoms with Crippen LogP contribution in [0.1, 0.15) is 50.1 Å². The van der Waals surface area contributed by atoms with Crippen molar-refractivity contribution in [2.45, 2.75) is 39.5 Å². The number of rotatable bonds is 7. The van der Waals surface area contributed by atoms with Crippen LogP contribution in [0.4, 0.5) is 0 Å². The summed E-state index contributed by atoms with van der Waals surface area (Å²) in [6, 6.07) is 5.72. The van der Waals surface area contributed by atoms with Gasteiger partial charge in [0.1, 0.15) is 5.58 Å². The summed E-state index contributed by atoms with van der Waals surface area (Å²) in [6.45, 7) is 5.85. The summed E-state index contributed by atoms with van der Waals surface area (Å²) in [5.74, 6) is 0.405. The van der Waals surface area contributed by atoms with Crippen molar-refractivity contribution in [2.75, 3.05) is 13.1 Å². The molecule has 0 fully saturated rings. The molecule has 0 unspecified atom stereocenters. The highest BCUT2D eigenvalue weighted by Crippen LogP contribution is 2.31. The van der Waals surface area contributed by atoms with Gasteiger partial charge in [-0.2, -0.15) is 0 Å². The van der Waals surface area contributed by atoms with Crippen molar-refractivity contribution < 1.29 is 9.21 Å². The second-order valence-corrected chi connectivity index (χ2v) is 7.19. The van der Waals surface area contributed by atoms with E-state index in [0.717, 1.165) is 58.7 Å². The highest BCUT2D eigenvalue weighted by atomic mass is 79.9. The van der Waals surface area contributed by atoms with Crippen molar-refractivity contribution in [1.29, 1.82) is 0 Å². The lowest BCUT2D eigenvalue weighted by atomic mass is 10.2. The zero-order chi connectivity index (χ0) is 16.1. The van der Waals surface area contributed by atoms with Gasteiger partial charge in [-0.15, -0.1) is 0 Å². The Kier molecular flexibility index (Phi) is 6.50. The number of amides is 1. The highest BCUT2D eigenvalue weighted by Gasteiger charge is 2.20. The van der Waals surface area contributed by atoms with E-state index in [-0.39, 0.29) is 5.91 Å². The van der Waals surface area contributed by atoms with Crippen LogP contribution in [0.5, 0.6) is 0 Å². The molecule has 1 heterocycles. The van der Waals surface area contributed by atoms with E-state index >= 15 is 0 Å².